The van der Waals surface area contributed by atoms with Gasteiger partial charge in [0.2, 0.25) is 5.91 Å². The summed E-state index contributed by atoms with van der Waals surface area (Å²) in [5, 5.41) is 9.09. The van der Waals surface area contributed by atoms with Gasteiger partial charge in [0.25, 0.3) is 0 Å². The number of carbonyl (C=O) groups excluding carboxylic acids is 1. The van der Waals surface area contributed by atoms with Gasteiger partial charge >= 0.3 is 5.97 Å². The van der Waals surface area contributed by atoms with E-state index in [2.05, 4.69) is 4.98 Å². The van der Waals surface area contributed by atoms with Crippen molar-refractivity contribution < 1.29 is 14.7 Å². The number of pyridine rings is 1. The largest absolute Gasteiger partial charge is 0.480 e. The number of hydrogen-bond acceptors (Lipinski definition) is 3. The second-order valence-electron chi connectivity index (χ2n) is 4.09. The standard InChI is InChI=1S/C12H14N2O3/c15-11-6-3-5-10(12(16)17)14(11)8-9-4-1-2-7-13-9/h1-2,4,7,10H,3,5-6,8H2,(H,16,17)/t10-/m0/s1. The molecular formula is C12H14N2O3. The first-order valence-electron chi connectivity index (χ1n) is 5.60. The molecule has 1 amide bonds. The molecule has 5 heteroatoms. The van der Waals surface area contributed by atoms with Crippen molar-refractivity contribution in [2.75, 3.05) is 0 Å². The van der Waals surface area contributed by atoms with Gasteiger partial charge in [-0.1, -0.05) is 6.07 Å². The maximum Gasteiger partial charge on any atom is 0.326 e. The third-order valence-corrected chi connectivity index (χ3v) is 2.91. The Kier molecular flexibility index (Phi) is 3.37. The molecule has 0 radical (unpaired) electrons. The summed E-state index contributed by atoms with van der Waals surface area (Å²) in [5.74, 6) is -1.04. The summed E-state index contributed by atoms with van der Waals surface area (Å²) in [6, 6.07) is 4.70. The number of carboxylic acid groups (broad SMARTS) is 1. The molecule has 0 bridgehead atoms. The van der Waals surface area contributed by atoms with Crippen molar-refractivity contribution in [1.29, 1.82) is 0 Å². The second-order valence-corrected chi connectivity index (χ2v) is 4.09. The molecule has 17 heavy (non-hydrogen) atoms. The third-order valence-electron chi connectivity index (χ3n) is 2.91. The van der Waals surface area contributed by atoms with Crippen LogP contribution in [0.2, 0.25) is 0 Å². The SMILES string of the molecule is O=C(O)[C@@H]1CCCC(=O)N1Cc1ccccn1. The minimum atomic E-state index is -0.936. The summed E-state index contributed by atoms with van der Waals surface area (Å²) in [6.07, 6.45) is 3.23. The Morgan fingerprint density at radius 2 is 2.35 bits per heavy atom. The van der Waals surface area contributed by atoms with E-state index in [1.807, 2.05) is 6.07 Å². The van der Waals surface area contributed by atoms with Crippen molar-refractivity contribution in [1.82, 2.24) is 9.88 Å². The Labute approximate surface area is 99.1 Å². The molecule has 1 aliphatic heterocycles. The van der Waals surface area contributed by atoms with Gasteiger partial charge in [-0.15, -0.1) is 0 Å². The van der Waals surface area contributed by atoms with Crippen molar-refractivity contribution >= 4 is 11.9 Å². The lowest BCUT2D eigenvalue weighted by molar-refractivity contribution is -0.153. The fourth-order valence-corrected chi connectivity index (χ4v) is 2.04. The molecule has 0 unspecified atom stereocenters. The van der Waals surface area contributed by atoms with Crippen LogP contribution >= 0.6 is 0 Å². The lowest BCUT2D eigenvalue weighted by Crippen LogP contribution is -2.47. The zero-order valence-electron chi connectivity index (χ0n) is 9.37. The maximum atomic E-state index is 11.7. The van der Waals surface area contributed by atoms with Crippen LogP contribution in [-0.2, 0) is 16.1 Å². The van der Waals surface area contributed by atoms with E-state index in [0.29, 0.717) is 25.0 Å². The zero-order valence-corrected chi connectivity index (χ0v) is 9.37. The molecule has 1 atom stereocenters. The number of amides is 1. The van der Waals surface area contributed by atoms with Gasteiger partial charge in [0.05, 0.1) is 12.2 Å². The van der Waals surface area contributed by atoms with E-state index in [1.54, 1.807) is 18.3 Å². The predicted octanol–water partition coefficient (Wildman–Crippen LogP) is 1.05. The molecule has 2 rings (SSSR count). The number of aliphatic carboxylic acids is 1. The van der Waals surface area contributed by atoms with Crippen LogP contribution in [0.4, 0.5) is 0 Å². The summed E-state index contributed by atoms with van der Waals surface area (Å²) < 4.78 is 0. The fraction of sp³-hybridized carbons (Fsp3) is 0.417. The molecule has 1 aromatic rings. The summed E-state index contributed by atoms with van der Waals surface area (Å²) >= 11 is 0. The average Bonchev–Trinajstić information content (AvgIpc) is 2.33. The first-order chi connectivity index (χ1) is 8.18. The molecule has 1 aliphatic rings. The van der Waals surface area contributed by atoms with Gasteiger partial charge in [-0.25, -0.2) is 4.79 Å². The first-order valence-corrected chi connectivity index (χ1v) is 5.60. The first kappa shape index (κ1) is 11.6. The van der Waals surface area contributed by atoms with E-state index >= 15 is 0 Å². The van der Waals surface area contributed by atoms with E-state index in [9.17, 15) is 9.59 Å². The average molecular weight is 234 g/mol. The molecule has 1 N–H and O–H groups in total. The van der Waals surface area contributed by atoms with Crippen LogP contribution in [0.25, 0.3) is 0 Å². The summed E-state index contributed by atoms with van der Waals surface area (Å²) in [7, 11) is 0. The smallest absolute Gasteiger partial charge is 0.326 e. The molecule has 1 aromatic heterocycles. The van der Waals surface area contributed by atoms with E-state index < -0.39 is 12.0 Å². The normalized spacial score (nSPS) is 20.4. The molecule has 1 fully saturated rings. The highest BCUT2D eigenvalue weighted by Crippen LogP contribution is 2.20. The van der Waals surface area contributed by atoms with E-state index in [0.717, 1.165) is 0 Å². The highest BCUT2D eigenvalue weighted by atomic mass is 16.4. The molecule has 0 spiro atoms. The number of piperidine rings is 1. The van der Waals surface area contributed by atoms with Crippen LogP contribution in [0, 0.1) is 0 Å². The summed E-state index contributed by atoms with van der Waals surface area (Å²) in [5.41, 5.74) is 0.717. The molecule has 0 aliphatic carbocycles. The molecule has 0 saturated carbocycles. The van der Waals surface area contributed by atoms with E-state index in [1.165, 1.54) is 4.90 Å². The van der Waals surface area contributed by atoms with Crippen molar-refractivity contribution in [2.24, 2.45) is 0 Å². The number of aromatic nitrogens is 1. The highest BCUT2D eigenvalue weighted by molar-refractivity contribution is 5.84. The fourth-order valence-electron chi connectivity index (χ4n) is 2.04. The Morgan fingerprint density at radius 3 is 3.00 bits per heavy atom. The lowest BCUT2D eigenvalue weighted by atomic mass is 10.0. The zero-order chi connectivity index (χ0) is 12.3. The van der Waals surface area contributed by atoms with Gasteiger partial charge in [0.15, 0.2) is 0 Å². The quantitative estimate of drug-likeness (QED) is 0.848. The van der Waals surface area contributed by atoms with Crippen LogP contribution in [0.15, 0.2) is 24.4 Å². The van der Waals surface area contributed by atoms with Crippen LogP contribution in [-0.4, -0.2) is 32.9 Å². The van der Waals surface area contributed by atoms with Crippen molar-refractivity contribution in [3.05, 3.63) is 30.1 Å². The van der Waals surface area contributed by atoms with Gasteiger partial charge in [-0.2, -0.15) is 0 Å². The summed E-state index contributed by atoms with van der Waals surface area (Å²) in [4.78, 5) is 28.4. The Bertz CT molecular complexity index is 419. The minimum Gasteiger partial charge on any atom is -0.480 e. The Balaban J connectivity index is 2.15. The van der Waals surface area contributed by atoms with Gasteiger partial charge in [0, 0.05) is 12.6 Å². The highest BCUT2D eigenvalue weighted by Gasteiger charge is 2.33. The van der Waals surface area contributed by atoms with Gasteiger partial charge in [-0.3, -0.25) is 9.78 Å². The molecule has 1 saturated heterocycles. The Morgan fingerprint density at radius 1 is 1.53 bits per heavy atom. The summed E-state index contributed by atoms with van der Waals surface area (Å²) in [6.45, 7) is 0.274. The monoisotopic (exact) mass is 234 g/mol. The van der Waals surface area contributed by atoms with Crippen LogP contribution in [0.3, 0.4) is 0 Å². The molecular weight excluding hydrogens is 220 g/mol. The number of hydrogen-bond donors (Lipinski definition) is 1. The van der Waals surface area contributed by atoms with E-state index in [-0.39, 0.29) is 12.5 Å². The maximum absolute atomic E-state index is 11.7. The van der Waals surface area contributed by atoms with Gasteiger partial charge in [0.1, 0.15) is 6.04 Å². The number of carboxylic acids is 1. The second kappa shape index (κ2) is 4.95. The van der Waals surface area contributed by atoms with Crippen molar-refractivity contribution in [3.8, 4) is 0 Å². The number of nitrogens with zero attached hydrogens (tertiary/aromatic N) is 2. The Hall–Kier alpha value is -1.91. The third kappa shape index (κ3) is 2.61. The van der Waals surface area contributed by atoms with Crippen molar-refractivity contribution in [3.63, 3.8) is 0 Å². The molecule has 2 heterocycles. The van der Waals surface area contributed by atoms with Crippen LogP contribution in [0.5, 0.6) is 0 Å². The van der Waals surface area contributed by atoms with Crippen LogP contribution in [0.1, 0.15) is 25.0 Å². The predicted molar refractivity (Wildman–Crippen MR) is 60.1 cm³/mol. The number of rotatable bonds is 3. The van der Waals surface area contributed by atoms with E-state index in [4.69, 9.17) is 5.11 Å². The minimum absolute atomic E-state index is 0.102. The van der Waals surface area contributed by atoms with Crippen LogP contribution < -0.4 is 0 Å². The number of likely N-dealkylation sites (tertiary alicyclic amines) is 1. The van der Waals surface area contributed by atoms with Gasteiger partial charge < -0.3 is 10.0 Å². The molecule has 90 valence electrons. The molecule has 0 aromatic carbocycles. The topological polar surface area (TPSA) is 70.5 Å². The van der Waals surface area contributed by atoms with Gasteiger partial charge in [-0.05, 0) is 25.0 Å². The van der Waals surface area contributed by atoms with Crippen molar-refractivity contribution in [2.45, 2.75) is 31.8 Å². The molecule has 5 nitrogen and oxygen atoms in total. The number of carbonyl (C=O) groups is 2. The lowest BCUT2D eigenvalue weighted by Gasteiger charge is -2.32.